The normalized spacial score (nSPS) is 21.3. The van der Waals surface area contributed by atoms with Gasteiger partial charge in [0.2, 0.25) is 0 Å². The topological polar surface area (TPSA) is 40.5 Å². The molecule has 2 heteroatoms. The largest absolute Gasteiger partial charge is 0.507 e. The summed E-state index contributed by atoms with van der Waals surface area (Å²) in [7, 11) is 0. The zero-order chi connectivity index (χ0) is 8.72. The van der Waals surface area contributed by atoms with Gasteiger partial charge in [0.1, 0.15) is 11.9 Å². The summed E-state index contributed by atoms with van der Waals surface area (Å²) in [6, 6.07) is 7.34. The summed E-state index contributed by atoms with van der Waals surface area (Å²) in [5, 5.41) is 19.1. The Morgan fingerprint density at radius 3 is 2.58 bits per heavy atom. The van der Waals surface area contributed by atoms with E-state index >= 15 is 0 Å². The average Bonchev–Trinajstić information content (AvgIpc) is 2.33. The van der Waals surface area contributed by atoms with Crippen molar-refractivity contribution in [1.82, 2.24) is 0 Å². The van der Waals surface area contributed by atoms with Crippen LogP contribution in [0.2, 0.25) is 0 Å². The first-order valence-electron chi connectivity index (χ1n) is 3.89. The van der Waals surface area contributed by atoms with E-state index in [1.807, 2.05) is 24.3 Å². The van der Waals surface area contributed by atoms with Gasteiger partial charge >= 0.3 is 0 Å². The quantitative estimate of drug-likeness (QED) is 0.612. The highest BCUT2D eigenvalue weighted by Gasteiger charge is 2.25. The maximum Gasteiger partial charge on any atom is 0.125 e. The first kappa shape index (κ1) is 7.37. The number of hydrogen-bond donors (Lipinski definition) is 2. The molecule has 2 nitrogen and oxygen atoms in total. The first-order valence-corrected chi connectivity index (χ1v) is 3.89. The summed E-state index contributed by atoms with van der Waals surface area (Å²) < 4.78 is 0. The molecule has 0 radical (unpaired) electrons. The lowest BCUT2D eigenvalue weighted by Crippen LogP contribution is -1.93. The number of fused-ring (bicyclic) bond motifs is 1. The Balaban J connectivity index is 2.65. The summed E-state index contributed by atoms with van der Waals surface area (Å²) in [5.74, 6) is 0.220. The second kappa shape index (κ2) is 2.35. The lowest BCUT2D eigenvalue weighted by atomic mass is 10.1. The van der Waals surface area contributed by atoms with Crippen LogP contribution in [0, 0.1) is 0 Å². The van der Waals surface area contributed by atoms with Crippen molar-refractivity contribution >= 4 is 5.76 Å². The molecule has 1 aromatic carbocycles. The van der Waals surface area contributed by atoms with Crippen LogP contribution in [-0.2, 0) is 0 Å². The molecule has 0 amide bonds. The maximum absolute atomic E-state index is 9.60. The average molecular weight is 162 g/mol. The minimum absolute atomic E-state index is 0.220. The minimum atomic E-state index is -0.624. The molecular formula is C10H10O2. The summed E-state index contributed by atoms with van der Waals surface area (Å²) in [5.41, 5.74) is 2.19. The molecule has 0 spiro atoms. The molecule has 12 heavy (non-hydrogen) atoms. The lowest BCUT2D eigenvalue weighted by molar-refractivity contribution is 0.218. The molecule has 0 heterocycles. The zero-order valence-electron chi connectivity index (χ0n) is 6.78. The monoisotopic (exact) mass is 162 g/mol. The molecule has 1 unspecified atom stereocenters. The third kappa shape index (κ3) is 0.786. The highest BCUT2D eigenvalue weighted by molar-refractivity contribution is 5.71. The van der Waals surface area contributed by atoms with Gasteiger partial charge in [0.15, 0.2) is 0 Å². The molecule has 0 aromatic heterocycles. The Kier molecular flexibility index (Phi) is 1.45. The molecule has 2 N–H and O–H groups in total. The molecule has 2 rings (SSSR count). The fourth-order valence-corrected chi connectivity index (χ4v) is 1.53. The predicted octanol–water partition coefficient (Wildman–Crippen LogP) is 2.02. The van der Waals surface area contributed by atoms with E-state index < -0.39 is 6.10 Å². The Morgan fingerprint density at radius 2 is 1.92 bits per heavy atom. The van der Waals surface area contributed by atoms with E-state index in [0.29, 0.717) is 5.57 Å². The number of hydrogen-bond acceptors (Lipinski definition) is 2. The van der Waals surface area contributed by atoms with Crippen LogP contribution in [0.1, 0.15) is 24.2 Å². The van der Waals surface area contributed by atoms with E-state index in [1.165, 1.54) is 0 Å². The zero-order valence-corrected chi connectivity index (χ0v) is 6.78. The van der Waals surface area contributed by atoms with Gasteiger partial charge in [-0.2, -0.15) is 0 Å². The summed E-state index contributed by atoms with van der Waals surface area (Å²) in [6.45, 7) is 1.74. The van der Waals surface area contributed by atoms with Gasteiger partial charge in [0, 0.05) is 11.1 Å². The standard InChI is InChI=1S/C10H10O2/c1-6-9(11)7-4-2-3-5-8(7)10(6)12/h2-5,9,11-12H,1H3. The van der Waals surface area contributed by atoms with Gasteiger partial charge in [-0.1, -0.05) is 24.3 Å². The van der Waals surface area contributed by atoms with E-state index in [4.69, 9.17) is 0 Å². The van der Waals surface area contributed by atoms with E-state index in [1.54, 1.807) is 6.92 Å². The van der Waals surface area contributed by atoms with Crippen molar-refractivity contribution in [3.8, 4) is 0 Å². The second-order valence-electron chi connectivity index (χ2n) is 3.02. The van der Waals surface area contributed by atoms with Crippen LogP contribution in [0.25, 0.3) is 5.76 Å². The van der Waals surface area contributed by atoms with Gasteiger partial charge in [-0.25, -0.2) is 0 Å². The molecule has 0 saturated heterocycles. The lowest BCUT2D eigenvalue weighted by Gasteiger charge is -2.03. The van der Waals surface area contributed by atoms with Crippen LogP contribution in [0.3, 0.4) is 0 Å². The Bertz CT molecular complexity index is 353. The predicted molar refractivity (Wildman–Crippen MR) is 46.6 cm³/mol. The first-order chi connectivity index (χ1) is 5.72. The van der Waals surface area contributed by atoms with E-state index in [-0.39, 0.29) is 5.76 Å². The maximum atomic E-state index is 9.60. The smallest absolute Gasteiger partial charge is 0.125 e. The number of rotatable bonds is 0. The Hall–Kier alpha value is -1.28. The SMILES string of the molecule is CC1=C(O)c2ccccc2C1O. The van der Waals surface area contributed by atoms with Gasteiger partial charge in [0.25, 0.3) is 0 Å². The molecule has 1 atom stereocenters. The van der Waals surface area contributed by atoms with E-state index in [0.717, 1.165) is 11.1 Å². The van der Waals surface area contributed by atoms with Crippen LogP contribution in [0.15, 0.2) is 29.8 Å². The highest BCUT2D eigenvalue weighted by Crippen LogP contribution is 2.37. The highest BCUT2D eigenvalue weighted by atomic mass is 16.3. The molecule has 0 aliphatic heterocycles. The van der Waals surface area contributed by atoms with Crippen molar-refractivity contribution in [1.29, 1.82) is 0 Å². The molecule has 1 aromatic rings. The van der Waals surface area contributed by atoms with Crippen molar-refractivity contribution in [2.45, 2.75) is 13.0 Å². The number of benzene rings is 1. The van der Waals surface area contributed by atoms with Crippen molar-refractivity contribution in [2.24, 2.45) is 0 Å². The molecular weight excluding hydrogens is 152 g/mol. The van der Waals surface area contributed by atoms with Gasteiger partial charge < -0.3 is 10.2 Å². The van der Waals surface area contributed by atoms with Crippen LogP contribution < -0.4 is 0 Å². The van der Waals surface area contributed by atoms with E-state index in [9.17, 15) is 10.2 Å². The summed E-state index contributed by atoms with van der Waals surface area (Å²) in [4.78, 5) is 0. The molecule has 62 valence electrons. The van der Waals surface area contributed by atoms with Gasteiger partial charge in [-0.15, -0.1) is 0 Å². The minimum Gasteiger partial charge on any atom is -0.507 e. The fourth-order valence-electron chi connectivity index (χ4n) is 1.53. The fraction of sp³-hybridized carbons (Fsp3) is 0.200. The van der Waals surface area contributed by atoms with Gasteiger partial charge in [0.05, 0.1) is 0 Å². The van der Waals surface area contributed by atoms with E-state index in [2.05, 4.69) is 0 Å². The third-order valence-corrected chi connectivity index (χ3v) is 2.29. The van der Waals surface area contributed by atoms with Gasteiger partial charge in [-0.3, -0.25) is 0 Å². The molecule has 1 aliphatic carbocycles. The van der Waals surface area contributed by atoms with Gasteiger partial charge in [-0.05, 0) is 12.5 Å². The van der Waals surface area contributed by atoms with Crippen molar-refractivity contribution < 1.29 is 10.2 Å². The van der Waals surface area contributed by atoms with Crippen LogP contribution in [0.4, 0.5) is 0 Å². The Labute approximate surface area is 70.8 Å². The second-order valence-corrected chi connectivity index (χ2v) is 3.02. The number of aliphatic hydroxyl groups is 2. The van der Waals surface area contributed by atoms with Crippen LogP contribution >= 0.6 is 0 Å². The number of aliphatic hydroxyl groups excluding tert-OH is 2. The summed E-state index contributed by atoms with van der Waals surface area (Å²) >= 11 is 0. The van der Waals surface area contributed by atoms with Crippen molar-refractivity contribution in [3.05, 3.63) is 41.0 Å². The Morgan fingerprint density at radius 1 is 1.25 bits per heavy atom. The molecule has 0 fully saturated rings. The third-order valence-electron chi connectivity index (χ3n) is 2.29. The molecule has 0 saturated carbocycles. The van der Waals surface area contributed by atoms with Crippen LogP contribution in [-0.4, -0.2) is 10.2 Å². The molecule has 0 bridgehead atoms. The van der Waals surface area contributed by atoms with Crippen molar-refractivity contribution in [2.75, 3.05) is 0 Å². The molecule has 1 aliphatic rings. The van der Waals surface area contributed by atoms with Crippen molar-refractivity contribution in [3.63, 3.8) is 0 Å². The van der Waals surface area contributed by atoms with Crippen LogP contribution in [0.5, 0.6) is 0 Å². The summed E-state index contributed by atoms with van der Waals surface area (Å²) in [6.07, 6.45) is -0.624.